The van der Waals surface area contributed by atoms with Crippen LogP contribution in [0.25, 0.3) is 11.3 Å². The number of hydrogen-bond donors (Lipinski definition) is 2. The Morgan fingerprint density at radius 2 is 1.83 bits per heavy atom. The van der Waals surface area contributed by atoms with E-state index in [9.17, 15) is 18.0 Å². The van der Waals surface area contributed by atoms with Crippen molar-refractivity contribution >= 4 is 11.9 Å². The summed E-state index contributed by atoms with van der Waals surface area (Å²) in [6.07, 6.45) is 9.12. The van der Waals surface area contributed by atoms with Gasteiger partial charge in [-0.25, -0.2) is 4.79 Å². The lowest BCUT2D eigenvalue weighted by molar-refractivity contribution is -0.192. The van der Waals surface area contributed by atoms with Gasteiger partial charge in [-0.2, -0.15) is 23.4 Å². The number of hydrogen-bond acceptors (Lipinski definition) is 4. The van der Waals surface area contributed by atoms with Crippen LogP contribution < -0.4 is 0 Å². The van der Waals surface area contributed by atoms with Gasteiger partial charge in [-0.05, 0) is 38.0 Å². The molecule has 3 aliphatic rings. The highest BCUT2D eigenvalue weighted by Gasteiger charge is 2.39. The molecule has 5 rings (SSSR count). The number of carboxylic acids is 1. The Labute approximate surface area is 201 Å². The van der Waals surface area contributed by atoms with Gasteiger partial charge in [0.05, 0.1) is 11.9 Å². The van der Waals surface area contributed by atoms with Crippen molar-refractivity contribution in [3.05, 3.63) is 23.7 Å². The summed E-state index contributed by atoms with van der Waals surface area (Å²) in [6, 6.07) is 0. The molecule has 0 aromatic carbocycles. The van der Waals surface area contributed by atoms with Gasteiger partial charge < -0.3 is 10.0 Å². The number of alkyl halides is 3. The number of rotatable bonds is 4. The van der Waals surface area contributed by atoms with Crippen LogP contribution in [-0.2, 0) is 29.0 Å². The van der Waals surface area contributed by atoms with Gasteiger partial charge in [-0.3, -0.25) is 14.6 Å². The van der Waals surface area contributed by atoms with E-state index in [0.29, 0.717) is 5.91 Å². The highest BCUT2D eigenvalue weighted by molar-refractivity contribution is 5.82. The van der Waals surface area contributed by atoms with Crippen LogP contribution in [0.2, 0.25) is 0 Å². The highest BCUT2D eigenvalue weighted by Crippen LogP contribution is 2.38. The number of nitrogens with one attached hydrogen (secondary N) is 1. The standard InChI is InChI=1S/C22H31N5O.C2HF3O2/c1-22(9-3-2-4-10-22)21(28)26-11-7-18-19(8-12-26)24-25-20(18)17-13-23-27(15-17)14-16-5-6-16;3-2(4,5)1(6)7/h13,15-16H,2-12,14H2,1H3,(H,24,25);(H,6,7). The number of fused-ring (bicyclic) bond motifs is 1. The van der Waals surface area contributed by atoms with Crippen molar-refractivity contribution in [1.29, 1.82) is 0 Å². The average Bonchev–Trinajstić information content (AvgIpc) is 3.42. The van der Waals surface area contributed by atoms with Crippen LogP contribution in [0.3, 0.4) is 0 Å². The quantitative estimate of drug-likeness (QED) is 0.661. The van der Waals surface area contributed by atoms with Crippen LogP contribution in [0.4, 0.5) is 13.2 Å². The van der Waals surface area contributed by atoms with Gasteiger partial charge >= 0.3 is 12.1 Å². The molecule has 8 nitrogen and oxygen atoms in total. The Morgan fingerprint density at radius 1 is 1.17 bits per heavy atom. The first-order valence-electron chi connectivity index (χ1n) is 12.3. The van der Waals surface area contributed by atoms with E-state index in [4.69, 9.17) is 9.90 Å². The predicted octanol–water partition coefficient (Wildman–Crippen LogP) is 4.21. The molecule has 2 saturated carbocycles. The molecule has 3 heterocycles. The maximum atomic E-state index is 13.3. The fourth-order valence-corrected chi connectivity index (χ4v) is 5.00. The number of aliphatic carboxylic acids is 1. The van der Waals surface area contributed by atoms with Gasteiger partial charge in [0, 0.05) is 54.5 Å². The SMILES string of the molecule is CC1(C(=O)N2CCc3[nH]nc(-c4cnn(CC5CC5)c4)c3CC2)CCCCC1.O=C(O)C(F)(F)F. The van der Waals surface area contributed by atoms with Crippen molar-refractivity contribution in [1.82, 2.24) is 24.9 Å². The van der Waals surface area contributed by atoms with E-state index in [-0.39, 0.29) is 5.41 Å². The summed E-state index contributed by atoms with van der Waals surface area (Å²) in [5.41, 5.74) is 4.43. The number of aromatic nitrogens is 4. The van der Waals surface area contributed by atoms with Crippen molar-refractivity contribution in [2.45, 2.75) is 77.4 Å². The molecule has 0 bridgehead atoms. The molecular weight excluding hydrogens is 463 g/mol. The predicted molar refractivity (Wildman–Crippen MR) is 121 cm³/mol. The minimum absolute atomic E-state index is 0.151. The molecule has 0 saturated heterocycles. The summed E-state index contributed by atoms with van der Waals surface area (Å²) in [7, 11) is 0. The van der Waals surface area contributed by atoms with E-state index in [0.717, 1.165) is 62.5 Å². The van der Waals surface area contributed by atoms with Crippen LogP contribution >= 0.6 is 0 Å². The number of aromatic amines is 1. The summed E-state index contributed by atoms with van der Waals surface area (Å²) in [6.45, 7) is 4.79. The molecule has 2 aromatic heterocycles. The van der Waals surface area contributed by atoms with Crippen LogP contribution in [0.5, 0.6) is 0 Å². The zero-order valence-electron chi connectivity index (χ0n) is 19.9. The van der Waals surface area contributed by atoms with Crippen molar-refractivity contribution < 1.29 is 27.9 Å². The molecular formula is C24H32F3N5O3. The lowest BCUT2D eigenvalue weighted by Crippen LogP contribution is -2.44. The Morgan fingerprint density at radius 3 is 2.46 bits per heavy atom. The van der Waals surface area contributed by atoms with E-state index in [2.05, 4.69) is 38.0 Å². The van der Waals surface area contributed by atoms with E-state index >= 15 is 0 Å². The molecule has 192 valence electrons. The van der Waals surface area contributed by atoms with Crippen LogP contribution in [-0.4, -0.2) is 61.1 Å². The Kier molecular flexibility index (Phi) is 7.23. The molecule has 2 aromatic rings. The molecule has 11 heteroatoms. The second-order valence-electron chi connectivity index (χ2n) is 10.1. The maximum absolute atomic E-state index is 13.3. The first-order valence-corrected chi connectivity index (χ1v) is 12.3. The second-order valence-corrected chi connectivity index (χ2v) is 10.1. The normalized spacial score (nSPS) is 19.8. The largest absolute Gasteiger partial charge is 0.490 e. The first-order chi connectivity index (χ1) is 16.6. The van der Waals surface area contributed by atoms with Crippen molar-refractivity contribution in [3.63, 3.8) is 0 Å². The van der Waals surface area contributed by atoms with Gasteiger partial charge in [0.25, 0.3) is 0 Å². The second kappa shape index (κ2) is 10.0. The fraction of sp³-hybridized carbons (Fsp3) is 0.667. The Balaban J connectivity index is 0.000000364. The number of H-pyrrole nitrogens is 1. The van der Waals surface area contributed by atoms with Gasteiger partial charge in [0.15, 0.2) is 0 Å². The minimum Gasteiger partial charge on any atom is -0.475 e. The van der Waals surface area contributed by atoms with Gasteiger partial charge in [0.1, 0.15) is 0 Å². The summed E-state index contributed by atoms with van der Waals surface area (Å²) in [5.74, 6) is -1.58. The summed E-state index contributed by atoms with van der Waals surface area (Å²) < 4.78 is 33.8. The third kappa shape index (κ3) is 6.05. The van der Waals surface area contributed by atoms with E-state index in [1.807, 2.05) is 6.20 Å². The Bertz CT molecular complexity index is 1050. The number of halogens is 3. The van der Waals surface area contributed by atoms with Gasteiger partial charge in [-0.15, -0.1) is 0 Å². The lowest BCUT2D eigenvalue weighted by atomic mass is 9.74. The van der Waals surface area contributed by atoms with Crippen molar-refractivity contribution in [3.8, 4) is 11.3 Å². The van der Waals surface area contributed by atoms with Crippen molar-refractivity contribution in [2.24, 2.45) is 11.3 Å². The highest BCUT2D eigenvalue weighted by atomic mass is 19.4. The molecule has 0 spiro atoms. The maximum Gasteiger partial charge on any atom is 0.490 e. The number of carbonyl (C=O) groups is 2. The fourth-order valence-electron chi connectivity index (χ4n) is 5.00. The third-order valence-electron chi connectivity index (χ3n) is 7.27. The van der Waals surface area contributed by atoms with E-state index in [1.54, 1.807) is 0 Å². The monoisotopic (exact) mass is 495 g/mol. The molecule has 0 radical (unpaired) electrons. The zero-order valence-corrected chi connectivity index (χ0v) is 19.9. The number of amides is 1. The number of carbonyl (C=O) groups excluding carboxylic acids is 1. The summed E-state index contributed by atoms with van der Waals surface area (Å²) in [4.78, 5) is 24.3. The number of nitrogens with zero attached hydrogens (tertiary/aromatic N) is 4. The van der Waals surface area contributed by atoms with E-state index in [1.165, 1.54) is 43.4 Å². The smallest absolute Gasteiger partial charge is 0.475 e. The molecule has 2 fully saturated rings. The molecule has 35 heavy (non-hydrogen) atoms. The summed E-state index contributed by atoms with van der Waals surface area (Å²) >= 11 is 0. The Hall–Kier alpha value is -2.85. The van der Waals surface area contributed by atoms with Crippen molar-refractivity contribution in [2.75, 3.05) is 13.1 Å². The molecule has 2 aliphatic carbocycles. The van der Waals surface area contributed by atoms with E-state index < -0.39 is 12.1 Å². The summed E-state index contributed by atoms with van der Waals surface area (Å²) in [5, 5.41) is 19.5. The first kappa shape index (κ1) is 25.2. The molecule has 2 N–H and O–H groups in total. The molecule has 1 amide bonds. The topological polar surface area (TPSA) is 104 Å². The number of carboxylic acid groups (broad SMARTS) is 1. The van der Waals surface area contributed by atoms with Crippen LogP contribution in [0, 0.1) is 11.3 Å². The van der Waals surface area contributed by atoms with Crippen LogP contribution in [0.15, 0.2) is 12.4 Å². The van der Waals surface area contributed by atoms with Gasteiger partial charge in [-0.1, -0.05) is 26.2 Å². The zero-order chi connectivity index (χ0) is 25.2. The molecule has 0 atom stereocenters. The third-order valence-corrected chi connectivity index (χ3v) is 7.27. The van der Waals surface area contributed by atoms with Crippen LogP contribution in [0.1, 0.15) is 63.1 Å². The lowest BCUT2D eigenvalue weighted by Gasteiger charge is -2.36. The average molecular weight is 496 g/mol. The molecule has 0 unspecified atom stereocenters. The minimum atomic E-state index is -5.08. The molecule has 1 aliphatic heterocycles. The van der Waals surface area contributed by atoms with Gasteiger partial charge in [0.2, 0.25) is 5.91 Å².